The Balaban J connectivity index is 2.26. The largest absolute Gasteiger partial charge is 0.0999 e. The molecule has 2 aliphatic rings. The monoisotopic (exact) mass is 272 g/mol. The fourth-order valence-electron chi connectivity index (χ4n) is 4.29. The van der Waals surface area contributed by atoms with E-state index in [2.05, 4.69) is 46.4 Å². The lowest BCUT2D eigenvalue weighted by Gasteiger charge is -2.34. The summed E-state index contributed by atoms with van der Waals surface area (Å²) in [5.74, 6) is 1.58. The van der Waals surface area contributed by atoms with Crippen LogP contribution in [0.3, 0.4) is 0 Å². The molecule has 2 rings (SSSR count). The maximum Gasteiger partial charge on any atom is -0.0175 e. The molecule has 2 aliphatic carbocycles. The molecule has 1 unspecified atom stereocenters. The van der Waals surface area contributed by atoms with Gasteiger partial charge in [0.2, 0.25) is 0 Å². The predicted octanol–water partition coefficient (Wildman–Crippen LogP) is 6.45. The zero-order valence-corrected chi connectivity index (χ0v) is 14.0. The number of rotatable bonds is 1. The van der Waals surface area contributed by atoms with Crippen LogP contribution in [0.15, 0.2) is 35.5 Å². The Hall–Kier alpha value is -0.780. The highest BCUT2D eigenvalue weighted by molar-refractivity contribution is 5.13. The molecule has 0 amide bonds. The molecule has 0 saturated heterocycles. The third-order valence-electron chi connectivity index (χ3n) is 5.84. The zero-order valence-electron chi connectivity index (χ0n) is 14.0. The van der Waals surface area contributed by atoms with Gasteiger partial charge in [-0.3, -0.25) is 0 Å². The summed E-state index contributed by atoms with van der Waals surface area (Å²) in [4.78, 5) is 0. The second kappa shape index (κ2) is 6.33. The summed E-state index contributed by atoms with van der Waals surface area (Å²) in [6.07, 6.45) is 14.1. The fourth-order valence-corrected chi connectivity index (χ4v) is 4.29. The van der Waals surface area contributed by atoms with Crippen molar-refractivity contribution in [3.05, 3.63) is 35.5 Å². The van der Waals surface area contributed by atoms with E-state index in [1.165, 1.54) is 50.5 Å². The minimum absolute atomic E-state index is 0.496. The normalized spacial score (nSPS) is 40.8. The molecule has 0 bridgehead atoms. The van der Waals surface area contributed by atoms with Gasteiger partial charge < -0.3 is 0 Å². The zero-order chi connectivity index (χ0) is 14.8. The molecular weight excluding hydrogens is 240 g/mol. The van der Waals surface area contributed by atoms with Gasteiger partial charge in [-0.2, -0.15) is 0 Å². The van der Waals surface area contributed by atoms with E-state index in [0.717, 1.165) is 11.8 Å². The molecule has 0 aromatic rings. The van der Waals surface area contributed by atoms with Crippen LogP contribution in [-0.4, -0.2) is 0 Å². The van der Waals surface area contributed by atoms with Crippen LogP contribution in [0.2, 0.25) is 0 Å². The summed E-state index contributed by atoms with van der Waals surface area (Å²) in [6.45, 7) is 13.7. The molecule has 1 fully saturated rings. The molecule has 1 saturated carbocycles. The van der Waals surface area contributed by atoms with Gasteiger partial charge in [-0.1, -0.05) is 42.4 Å². The van der Waals surface area contributed by atoms with Gasteiger partial charge in [0.1, 0.15) is 0 Å². The number of fused-ring (bicyclic) bond motifs is 1. The first-order valence-corrected chi connectivity index (χ1v) is 8.39. The molecular formula is C20H32. The Kier molecular flexibility index (Phi) is 4.94. The Morgan fingerprint density at radius 2 is 1.85 bits per heavy atom. The van der Waals surface area contributed by atoms with E-state index in [4.69, 9.17) is 0 Å². The van der Waals surface area contributed by atoms with Gasteiger partial charge in [0.05, 0.1) is 0 Å². The van der Waals surface area contributed by atoms with Crippen LogP contribution in [0.5, 0.6) is 0 Å². The van der Waals surface area contributed by atoms with Gasteiger partial charge in [-0.05, 0) is 83.0 Å². The highest BCUT2D eigenvalue weighted by Crippen LogP contribution is 2.53. The second-order valence-electron chi connectivity index (χ2n) is 7.63. The van der Waals surface area contributed by atoms with Crippen molar-refractivity contribution in [2.75, 3.05) is 0 Å². The van der Waals surface area contributed by atoms with Crippen LogP contribution in [0.4, 0.5) is 0 Å². The van der Waals surface area contributed by atoms with Crippen LogP contribution in [0.25, 0.3) is 0 Å². The van der Waals surface area contributed by atoms with Crippen LogP contribution in [0.1, 0.15) is 72.6 Å². The molecule has 112 valence electrons. The molecule has 0 nitrogen and oxygen atoms in total. The van der Waals surface area contributed by atoms with Gasteiger partial charge in [-0.15, -0.1) is 0 Å². The number of hydrogen-bond donors (Lipinski definition) is 0. The molecule has 0 N–H and O–H groups in total. The lowest BCUT2D eigenvalue weighted by Crippen LogP contribution is -2.25. The Morgan fingerprint density at radius 3 is 2.55 bits per heavy atom. The van der Waals surface area contributed by atoms with Gasteiger partial charge in [-0.25, -0.2) is 0 Å². The van der Waals surface area contributed by atoms with Crippen molar-refractivity contribution in [2.45, 2.75) is 72.6 Å². The molecule has 0 heteroatoms. The molecule has 0 aliphatic heterocycles. The van der Waals surface area contributed by atoms with Gasteiger partial charge in [0.25, 0.3) is 0 Å². The highest BCUT2D eigenvalue weighted by Gasteiger charge is 2.43. The quantitative estimate of drug-likeness (QED) is 0.481. The number of hydrogen-bond acceptors (Lipinski definition) is 0. The van der Waals surface area contributed by atoms with Crippen LogP contribution in [-0.2, 0) is 0 Å². The maximum atomic E-state index is 4.28. The Labute approximate surface area is 126 Å². The predicted molar refractivity (Wildman–Crippen MR) is 89.7 cm³/mol. The molecule has 0 aromatic heterocycles. The van der Waals surface area contributed by atoms with E-state index in [0.29, 0.717) is 5.41 Å². The topological polar surface area (TPSA) is 0 Å². The van der Waals surface area contributed by atoms with E-state index in [-0.39, 0.29) is 0 Å². The average molecular weight is 272 g/mol. The average Bonchev–Trinajstić information content (AvgIpc) is 2.70. The fraction of sp³-hybridized carbons (Fsp3) is 0.700. The van der Waals surface area contributed by atoms with Crippen LogP contribution >= 0.6 is 0 Å². The van der Waals surface area contributed by atoms with Crippen molar-refractivity contribution >= 4 is 0 Å². The van der Waals surface area contributed by atoms with Gasteiger partial charge in [0.15, 0.2) is 0 Å². The summed E-state index contributed by atoms with van der Waals surface area (Å²) in [7, 11) is 0. The first-order valence-electron chi connectivity index (χ1n) is 8.39. The summed E-state index contributed by atoms with van der Waals surface area (Å²) in [5, 5.41) is 0. The molecule has 0 aromatic carbocycles. The van der Waals surface area contributed by atoms with E-state index >= 15 is 0 Å². The molecule has 0 spiro atoms. The summed E-state index contributed by atoms with van der Waals surface area (Å²) < 4.78 is 0. The molecule has 20 heavy (non-hydrogen) atoms. The Morgan fingerprint density at radius 1 is 1.15 bits per heavy atom. The van der Waals surface area contributed by atoms with E-state index in [1.54, 1.807) is 11.1 Å². The first-order chi connectivity index (χ1) is 9.42. The lowest BCUT2D eigenvalue weighted by atomic mass is 9.70. The van der Waals surface area contributed by atoms with Gasteiger partial charge >= 0.3 is 0 Å². The van der Waals surface area contributed by atoms with Crippen LogP contribution < -0.4 is 0 Å². The lowest BCUT2D eigenvalue weighted by molar-refractivity contribution is 0.195. The Bertz CT molecular complexity index is 423. The van der Waals surface area contributed by atoms with Crippen molar-refractivity contribution in [2.24, 2.45) is 17.3 Å². The van der Waals surface area contributed by atoms with E-state index in [1.807, 2.05) is 0 Å². The van der Waals surface area contributed by atoms with Crippen molar-refractivity contribution in [1.29, 1.82) is 0 Å². The third kappa shape index (κ3) is 3.45. The van der Waals surface area contributed by atoms with Gasteiger partial charge in [0, 0.05) is 0 Å². The molecule has 0 heterocycles. The number of allylic oxidation sites excluding steroid dienone is 5. The summed E-state index contributed by atoms with van der Waals surface area (Å²) in [6, 6.07) is 0. The van der Waals surface area contributed by atoms with Crippen molar-refractivity contribution < 1.29 is 0 Å². The second-order valence-corrected chi connectivity index (χ2v) is 7.63. The first kappa shape index (κ1) is 15.6. The summed E-state index contributed by atoms with van der Waals surface area (Å²) in [5.41, 5.74) is 5.08. The van der Waals surface area contributed by atoms with E-state index in [9.17, 15) is 0 Å². The highest BCUT2D eigenvalue weighted by atomic mass is 14.5. The van der Waals surface area contributed by atoms with Crippen LogP contribution in [0, 0.1) is 17.3 Å². The smallest absolute Gasteiger partial charge is 0.0175 e. The molecule has 3 atom stereocenters. The minimum atomic E-state index is 0.496. The van der Waals surface area contributed by atoms with E-state index < -0.39 is 0 Å². The standard InChI is InChI=1S/C20H32/c1-15(2)18-12-14-20(5)13-11-17(4)8-6-7-16(3)9-10-19(18)20/h7,11,18-19H,1,6,8-10,12-14H2,2-5H3/b16-7+,17-11+/t18-,19?,20+/m1/s1. The van der Waals surface area contributed by atoms with Crippen molar-refractivity contribution in [3.63, 3.8) is 0 Å². The third-order valence-corrected chi connectivity index (χ3v) is 5.84. The van der Waals surface area contributed by atoms with Crippen molar-refractivity contribution in [1.82, 2.24) is 0 Å². The maximum absolute atomic E-state index is 4.28. The summed E-state index contributed by atoms with van der Waals surface area (Å²) >= 11 is 0. The van der Waals surface area contributed by atoms with Crippen molar-refractivity contribution in [3.8, 4) is 0 Å². The SMILES string of the molecule is C=C(C)[C@H]1CC[C@]2(C)C/C=C(\C)CC/C=C(\C)CCC12. The molecule has 0 radical (unpaired) electrons. The minimum Gasteiger partial charge on any atom is -0.0999 e.